The number of aromatic nitrogens is 2. The van der Waals surface area contributed by atoms with Crippen molar-refractivity contribution in [2.24, 2.45) is 18.0 Å². The minimum absolute atomic E-state index is 0.405. The van der Waals surface area contributed by atoms with Gasteiger partial charge in [0.15, 0.2) is 11.7 Å². The van der Waals surface area contributed by atoms with Crippen LogP contribution in [-0.4, -0.2) is 33.7 Å². The molecule has 0 N–H and O–H groups in total. The Kier molecular flexibility index (Phi) is 2.90. The van der Waals surface area contributed by atoms with Gasteiger partial charge in [-0.3, -0.25) is 14.3 Å². The molecule has 0 bridgehead atoms. The highest BCUT2D eigenvalue weighted by Gasteiger charge is 2.42. The molecule has 7 heteroatoms. The van der Waals surface area contributed by atoms with Crippen molar-refractivity contribution in [2.45, 2.75) is 19.6 Å². The van der Waals surface area contributed by atoms with Gasteiger partial charge in [0, 0.05) is 39.4 Å². The van der Waals surface area contributed by atoms with Crippen molar-refractivity contribution in [3.05, 3.63) is 12.3 Å². The van der Waals surface area contributed by atoms with Crippen LogP contribution in [0.25, 0.3) is 0 Å². The van der Waals surface area contributed by atoms with E-state index in [1.165, 1.54) is 20.1 Å². The summed E-state index contributed by atoms with van der Waals surface area (Å²) in [5.41, 5.74) is 0. The molecule has 18 heavy (non-hydrogen) atoms. The van der Waals surface area contributed by atoms with Crippen molar-refractivity contribution in [3.63, 3.8) is 0 Å². The monoisotopic (exact) mass is 251 g/mol. The van der Waals surface area contributed by atoms with Gasteiger partial charge in [-0.1, -0.05) is 0 Å². The van der Waals surface area contributed by atoms with E-state index in [1.807, 2.05) is 0 Å². The van der Waals surface area contributed by atoms with Crippen molar-refractivity contribution in [1.29, 1.82) is 0 Å². The van der Waals surface area contributed by atoms with Gasteiger partial charge < -0.3 is 9.47 Å². The molecule has 1 aromatic heterocycles. The molecule has 1 aliphatic heterocycles. The molecule has 2 heterocycles. The molecule has 0 atom stereocenters. The van der Waals surface area contributed by atoms with Crippen molar-refractivity contribution in [1.82, 2.24) is 9.78 Å². The summed E-state index contributed by atoms with van der Waals surface area (Å²) in [5.74, 6) is -3.29. The molecule has 0 amide bonds. The number of nitrogens with zero attached hydrogens (tertiary/aromatic N) is 3. The molecule has 1 aromatic rings. The fourth-order valence-electron chi connectivity index (χ4n) is 1.47. The lowest BCUT2D eigenvalue weighted by Gasteiger charge is -2.31. The van der Waals surface area contributed by atoms with Crippen LogP contribution in [0.4, 0.5) is 5.82 Å². The molecule has 1 saturated heterocycles. The van der Waals surface area contributed by atoms with E-state index in [0.29, 0.717) is 5.82 Å². The molecule has 0 radical (unpaired) electrons. The SMILES string of the molecule is Cn1ccc(N=CC2C(=O)OC(C)(C)OC2=O)n1. The maximum atomic E-state index is 11.6. The summed E-state index contributed by atoms with van der Waals surface area (Å²) in [6.45, 7) is 2.99. The smallest absolute Gasteiger partial charge is 0.329 e. The first-order chi connectivity index (χ1) is 8.37. The summed E-state index contributed by atoms with van der Waals surface area (Å²) < 4.78 is 11.5. The second kappa shape index (κ2) is 4.25. The Balaban J connectivity index is 2.12. The third-order valence-electron chi connectivity index (χ3n) is 2.26. The first-order valence-electron chi connectivity index (χ1n) is 5.37. The Morgan fingerprint density at radius 1 is 1.39 bits per heavy atom. The molecule has 0 unspecified atom stereocenters. The predicted molar refractivity (Wildman–Crippen MR) is 61.1 cm³/mol. The van der Waals surface area contributed by atoms with Crippen LogP contribution in [0.1, 0.15) is 13.8 Å². The van der Waals surface area contributed by atoms with Crippen molar-refractivity contribution in [2.75, 3.05) is 0 Å². The largest absolute Gasteiger partial charge is 0.422 e. The lowest BCUT2D eigenvalue weighted by atomic mass is 10.1. The summed E-state index contributed by atoms with van der Waals surface area (Å²) in [5, 5.41) is 3.99. The highest BCUT2D eigenvalue weighted by atomic mass is 16.7. The van der Waals surface area contributed by atoms with Gasteiger partial charge in [0.05, 0.1) is 0 Å². The van der Waals surface area contributed by atoms with E-state index >= 15 is 0 Å². The van der Waals surface area contributed by atoms with E-state index in [0.717, 1.165) is 0 Å². The molecule has 0 spiro atoms. The number of carbonyl (C=O) groups is 2. The van der Waals surface area contributed by atoms with Crippen LogP contribution < -0.4 is 0 Å². The standard InChI is InChI=1S/C11H13N3O4/c1-11(2)17-9(15)7(10(16)18-11)6-12-8-4-5-14(3)13-8/h4-7H,1-3H3. The molecule has 7 nitrogen and oxygen atoms in total. The van der Waals surface area contributed by atoms with Gasteiger partial charge in [-0.15, -0.1) is 0 Å². The van der Waals surface area contributed by atoms with Crippen LogP contribution >= 0.6 is 0 Å². The van der Waals surface area contributed by atoms with Crippen molar-refractivity contribution >= 4 is 24.0 Å². The Labute approximate surface area is 103 Å². The summed E-state index contributed by atoms with van der Waals surface area (Å²) in [7, 11) is 1.74. The van der Waals surface area contributed by atoms with Crippen LogP contribution in [0.5, 0.6) is 0 Å². The number of aliphatic imine (C=N–C) groups is 1. The quantitative estimate of drug-likeness (QED) is 0.436. The molecule has 0 saturated carbocycles. The highest BCUT2D eigenvalue weighted by molar-refractivity contribution is 6.10. The summed E-state index contributed by atoms with van der Waals surface area (Å²) >= 11 is 0. The average Bonchev–Trinajstić information content (AvgIpc) is 2.61. The number of hydrogen-bond acceptors (Lipinski definition) is 6. The maximum absolute atomic E-state index is 11.6. The fraction of sp³-hybridized carbons (Fsp3) is 0.455. The van der Waals surface area contributed by atoms with E-state index in [-0.39, 0.29) is 0 Å². The minimum atomic E-state index is -1.22. The van der Waals surface area contributed by atoms with Gasteiger partial charge in [-0.25, -0.2) is 4.99 Å². The lowest BCUT2D eigenvalue weighted by molar-refractivity contribution is -0.235. The second-order valence-corrected chi connectivity index (χ2v) is 4.35. The lowest BCUT2D eigenvalue weighted by Crippen LogP contribution is -2.46. The van der Waals surface area contributed by atoms with Crippen LogP contribution in [0.15, 0.2) is 17.3 Å². The Morgan fingerprint density at radius 2 is 2.00 bits per heavy atom. The number of cyclic esters (lactones) is 2. The van der Waals surface area contributed by atoms with Gasteiger partial charge in [0.2, 0.25) is 0 Å². The Bertz CT molecular complexity index is 498. The van der Waals surface area contributed by atoms with E-state index in [9.17, 15) is 9.59 Å². The molecule has 0 aliphatic carbocycles. The predicted octanol–water partition coefficient (Wildman–Crippen LogP) is 0.575. The summed E-state index contributed by atoms with van der Waals surface area (Å²) in [4.78, 5) is 27.2. The van der Waals surface area contributed by atoms with E-state index in [2.05, 4.69) is 10.1 Å². The van der Waals surface area contributed by atoms with Gasteiger partial charge in [0.1, 0.15) is 0 Å². The molecule has 96 valence electrons. The molecule has 0 aromatic carbocycles. The molecule has 1 aliphatic rings. The first kappa shape index (κ1) is 12.3. The van der Waals surface area contributed by atoms with E-state index in [4.69, 9.17) is 9.47 Å². The van der Waals surface area contributed by atoms with E-state index < -0.39 is 23.6 Å². The van der Waals surface area contributed by atoms with Gasteiger partial charge in [0.25, 0.3) is 5.79 Å². The Hall–Kier alpha value is -2.18. The summed E-state index contributed by atoms with van der Waals surface area (Å²) in [6, 6.07) is 1.65. The van der Waals surface area contributed by atoms with Gasteiger partial charge in [-0.05, 0) is 0 Å². The third kappa shape index (κ3) is 2.55. The third-order valence-corrected chi connectivity index (χ3v) is 2.26. The van der Waals surface area contributed by atoms with E-state index in [1.54, 1.807) is 24.0 Å². The first-order valence-corrected chi connectivity index (χ1v) is 5.37. The zero-order valence-electron chi connectivity index (χ0n) is 10.3. The average molecular weight is 251 g/mol. The van der Waals surface area contributed by atoms with Gasteiger partial charge >= 0.3 is 11.9 Å². The van der Waals surface area contributed by atoms with Crippen LogP contribution in [0, 0.1) is 5.92 Å². The summed E-state index contributed by atoms with van der Waals surface area (Å²) in [6.07, 6.45) is 2.88. The highest BCUT2D eigenvalue weighted by Crippen LogP contribution is 2.22. The maximum Gasteiger partial charge on any atom is 0.329 e. The topological polar surface area (TPSA) is 82.8 Å². The number of rotatable bonds is 2. The van der Waals surface area contributed by atoms with Crippen molar-refractivity contribution in [3.8, 4) is 0 Å². The van der Waals surface area contributed by atoms with Crippen LogP contribution in [-0.2, 0) is 26.1 Å². The minimum Gasteiger partial charge on any atom is -0.422 e. The second-order valence-electron chi connectivity index (χ2n) is 4.35. The molecular weight excluding hydrogens is 238 g/mol. The molecule has 1 fully saturated rings. The van der Waals surface area contributed by atoms with Crippen LogP contribution in [0.2, 0.25) is 0 Å². The van der Waals surface area contributed by atoms with Gasteiger partial charge in [-0.2, -0.15) is 5.10 Å². The number of esters is 2. The zero-order chi connectivity index (χ0) is 13.3. The number of carbonyl (C=O) groups excluding carboxylic acids is 2. The number of hydrogen-bond donors (Lipinski definition) is 0. The Morgan fingerprint density at radius 3 is 2.50 bits per heavy atom. The number of aryl methyl sites for hydroxylation is 1. The number of ether oxygens (including phenoxy) is 2. The molecular formula is C11H13N3O4. The zero-order valence-corrected chi connectivity index (χ0v) is 10.3. The van der Waals surface area contributed by atoms with Crippen molar-refractivity contribution < 1.29 is 19.1 Å². The normalized spacial score (nSPS) is 19.9. The molecule has 2 rings (SSSR count). The van der Waals surface area contributed by atoms with Crippen LogP contribution in [0.3, 0.4) is 0 Å². The fourth-order valence-corrected chi connectivity index (χ4v) is 1.47.